The normalized spacial score (nSPS) is 11.0. The zero-order valence-corrected chi connectivity index (χ0v) is 15.9. The standard InChI is InChI=1S/C23H21NO5/c1-27-16-22(23(25)26)21-8-3-2-5-18(21)15-29-20-7-4-6-19(13-20)28-14-17-9-11-24-12-10-17/h2-13,16H,14-15H2,1H3,(H,25,26)/b22-16+. The Morgan fingerprint density at radius 2 is 1.66 bits per heavy atom. The Morgan fingerprint density at radius 3 is 2.34 bits per heavy atom. The lowest BCUT2D eigenvalue weighted by Gasteiger charge is -2.13. The van der Waals surface area contributed by atoms with E-state index in [1.54, 1.807) is 30.6 Å². The highest BCUT2D eigenvalue weighted by atomic mass is 16.5. The molecule has 148 valence electrons. The summed E-state index contributed by atoms with van der Waals surface area (Å²) in [5, 5.41) is 9.45. The summed E-state index contributed by atoms with van der Waals surface area (Å²) in [6.45, 7) is 0.636. The van der Waals surface area contributed by atoms with Gasteiger partial charge in [-0.15, -0.1) is 0 Å². The van der Waals surface area contributed by atoms with Gasteiger partial charge in [-0.05, 0) is 41.0 Å². The molecule has 0 radical (unpaired) electrons. The SMILES string of the molecule is CO/C=C(/C(=O)O)c1ccccc1COc1cccc(OCc2ccncc2)c1. The van der Waals surface area contributed by atoms with Crippen molar-refractivity contribution in [3.8, 4) is 11.5 Å². The predicted molar refractivity (Wildman–Crippen MR) is 108 cm³/mol. The van der Waals surface area contributed by atoms with Crippen LogP contribution in [0, 0.1) is 0 Å². The fraction of sp³-hybridized carbons (Fsp3) is 0.130. The largest absolute Gasteiger partial charge is 0.503 e. The number of aliphatic carboxylic acids is 1. The summed E-state index contributed by atoms with van der Waals surface area (Å²) >= 11 is 0. The average Bonchev–Trinajstić information content (AvgIpc) is 2.76. The second kappa shape index (κ2) is 9.94. The summed E-state index contributed by atoms with van der Waals surface area (Å²) in [6.07, 6.45) is 4.66. The minimum Gasteiger partial charge on any atom is -0.503 e. The zero-order valence-electron chi connectivity index (χ0n) is 15.9. The summed E-state index contributed by atoms with van der Waals surface area (Å²) in [4.78, 5) is 15.5. The number of carboxylic acid groups (broad SMARTS) is 1. The number of rotatable bonds is 9. The van der Waals surface area contributed by atoms with Crippen LogP contribution < -0.4 is 9.47 Å². The van der Waals surface area contributed by atoms with Gasteiger partial charge < -0.3 is 19.3 Å². The number of nitrogens with zero attached hydrogens (tertiary/aromatic N) is 1. The Balaban J connectivity index is 1.69. The van der Waals surface area contributed by atoms with E-state index in [1.165, 1.54) is 13.4 Å². The second-order valence-electron chi connectivity index (χ2n) is 6.14. The summed E-state index contributed by atoms with van der Waals surface area (Å²) in [7, 11) is 1.42. The van der Waals surface area contributed by atoms with E-state index in [0.29, 0.717) is 23.7 Å². The molecule has 6 nitrogen and oxygen atoms in total. The quantitative estimate of drug-likeness (QED) is 0.433. The topological polar surface area (TPSA) is 77.9 Å². The number of hydrogen-bond acceptors (Lipinski definition) is 5. The maximum atomic E-state index is 11.5. The van der Waals surface area contributed by atoms with Crippen molar-refractivity contribution >= 4 is 11.5 Å². The molecule has 0 unspecified atom stereocenters. The monoisotopic (exact) mass is 391 g/mol. The molecular formula is C23H21NO5. The lowest BCUT2D eigenvalue weighted by molar-refractivity contribution is -0.130. The fourth-order valence-corrected chi connectivity index (χ4v) is 2.72. The molecule has 2 aromatic carbocycles. The fourth-order valence-electron chi connectivity index (χ4n) is 2.72. The first-order valence-electron chi connectivity index (χ1n) is 8.96. The highest BCUT2D eigenvalue weighted by Crippen LogP contribution is 2.24. The number of carboxylic acids is 1. The number of benzene rings is 2. The molecule has 1 N–H and O–H groups in total. The number of pyridine rings is 1. The second-order valence-corrected chi connectivity index (χ2v) is 6.14. The number of aromatic nitrogens is 1. The Bertz CT molecular complexity index is 985. The van der Waals surface area contributed by atoms with Crippen LogP contribution in [0.25, 0.3) is 5.57 Å². The average molecular weight is 391 g/mol. The lowest BCUT2D eigenvalue weighted by atomic mass is 10.0. The van der Waals surface area contributed by atoms with Crippen LogP contribution in [0.15, 0.2) is 79.3 Å². The van der Waals surface area contributed by atoms with E-state index in [4.69, 9.17) is 14.2 Å². The van der Waals surface area contributed by atoms with E-state index < -0.39 is 5.97 Å². The van der Waals surface area contributed by atoms with Gasteiger partial charge in [0.2, 0.25) is 0 Å². The van der Waals surface area contributed by atoms with E-state index in [9.17, 15) is 9.90 Å². The first kappa shape index (κ1) is 19.9. The molecule has 0 spiro atoms. The zero-order chi connectivity index (χ0) is 20.5. The Hall–Kier alpha value is -3.80. The Morgan fingerprint density at radius 1 is 0.966 bits per heavy atom. The van der Waals surface area contributed by atoms with Crippen LogP contribution in [0.4, 0.5) is 0 Å². The molecule has 0 saturated carbocycles. The van der Waals surface area contributed by atoms with Gasteiger partial charge in [-0.2, -0.15) is 0 Å². The molecule has 3 aromatic rings. The van der Waals surface area contributed by atoms with E-state index in [1.807, 2.05) is 42.5 Å². The third-order valence-corrected chi connectivity index (χ3v) is 4.13. The molecule has 0 bridgehead atoms. The smallest absolute Gasteiger partial charge is 0.339 e. The highest BCUT2D eigenvalue weighted by Gasteiger charge is 2.15. The van der Waals surface area contributed by atoms with Crippen LogP contribution in [-0.2, 0) is 22.7 Å². The van der Waals surface area contributed by atoms with Gasteiger partial charge in [0.05, 0.1) is 13.4 Å². The number of hydrogen-bond donors (Lipinski definition) is 1. The van der Waals surface area contributed by atoms with Crippen molar-refractivity contribution < 1.29 is 24.1 Å². The van der Waals surface area contributed by atoms with Crippen LogP contribution in [0.2, 0.25) is 0 Å². The van der Waals surface area contributed by atoms with E-state index in [-0.39, 0.29) is 12.2 Å². The summed E-state index contributed by atoms with van der Waals surface area (Å²) in [6, 6.07) is 18.3. The van der Waals surface area contributed by atoms with Crippen molar-refractivity contribution in [3.05, 3.63) is 96.0 Å². The van der Waals surface area contributed by atoms with Crippen molar-refractivity contribution in [2.45, 2.75) is 13.2 Å². The molecule has 0 fully saturated rings. The van der Waals surface area contributed by atoms with E-state index in [2.05, 4.69) is 4.98 Å². The number of carbonyl (C=O) groups is 1. The van der Waals surface area contributed by atoms with Gasteiger partial charge in [-0.25, -0.2) is 4.79 Å². The molecule has 0 aliphatic carbocycles. The van der Waals surface area contributed by atoms with Gasteiger partial charge in [0.1, 0.15) is 30.3 Å². The first-order valence-corrected chi connectivity index (χ1v) is 8.96. The van der Waals surface area contributed by atoms with Gasteiger partial charge in [-0.3, -0.25) is 4.98 Å². The van der Waals surface area contributed by atoms with Crippen LogP contribution in [0.1, 0.15) is 16.7 Å². The third-order valence-electron chi connectivity index (χ3n) is 4.13. The van der Waals surface area contributed by atoms with Gasteiger partial charge in [0, 0.05) is 18.5 Å². The lowest BCUT2D eigenvalue weighted by Crippen LogP contribution is -2.06. The maximum absolute atomic E-state index is 11.5. The molecule has 3 rings (SSSR count). The van der Waals surface area contributed by atoms with Crippen LogP contribution >= 0.6 is 0 Å². The number of methoxy groups -OCH3 is 1. The van der Waals surface area contributed by atoms with E-state index in [0.717, 1.165) is 11.1 Å². The van der Waals surface area contributed by atoms with E-state index >= 15 is 0 Å². The number of ether oxygens (including phenoxy) is 3. The van der Waals surface area contributed by atoms with Crippen LogP contribution in [-0.4, -0.2) is 23.2 Å². The third kappa shape index (κ3) is 5.59. The van der Waals surface area contributed by atoms with Crippen molar-refractivity contribution in [3.63, 3.8) is 0 Å². The van der Waals surface area contributed by atoms with Gasteiger partial charge in [0.25, 0.3) is 0 Å². The Labute approximate surface area is 169 Å². The molecule has 1 heterocycles. The molecule has 0 aliphatic heterocycles. The first-order chi connectivity index (χ1) is 14.2. The van der Waals surface area contributed by atoms with Crippen molar-refractivity contribution in [2.75, 3.05) is 7.11 Å². The summed E-state index contributed by atoms with van der Waals surface area (Å²) in [5.41, 5.74) is 2.38. The molecule has 0 amide bonds. The summed E-state index contributed by atoms with van der Waals surface area (Å²) in [5.74, 6) is 0.239. The van der Waals surface area contributed by atoms with Gasteiger partial charge in [0.15, 0.2) is 0 Å². The van der Waals surface area contributed by atoms with Crippen molar-refractivity contribution in [1.29, 1.82) is 0 Å². The minimum atomic E-state index is -1.06. The van der Waals surface area contributed by atoms with Crippen LogP contribution in [0.5, 0.6) is 11.5 Å². The van der Waals surface area contributed by atoms with Gasteiger partial charge >= 0.3 is 5.97 Å². The molecule has 0 aliphatic rings. The Kier molecular flexibility index (Phi) is 6.84. The van der Waals surface area contributed by atoms with Crippen molar-refractivity contribution in [2.24, 2.45) is 0 Å². The van der Waals surface area contributed by atoms with Crippen molar-refractivity contribution in [1.82, 2.24) is 4.98 Å². The molecule has 6 heteroatoms. The minimum absolute atomic E-state index is 0.0705. The molecular weight excluding hydrogens is 370 g/mol. The summed E-state index contributed by atoms with van der Waals surface area (Å²) < 4.78 is 16.6. The van der Waals surface area contributed by atoms with Gasteiger partial charge in [-0.1, -0.05) is 30.3 Å². The molecule has 29 heavy (non-hydrogen) atoms. The molecule has 1 aromatic heterocycles. The molecule has 0 atom stereocenters. The molecule has 0 saturated heterocycles. The highest BCUT2D eigenvalue weighted by molar-refractivity contribution is 6.15. The maximum Gasteiger partial charge on any atom is 0.339 e. The predicted octanol–water partition coefficient (Wildman–Crippen LogP) is 4.31. The van der Waals surface area contributed by atoms with Crippen LogP contribution in [0.3, 0.4) is 0 Å².